The lowest BCUT2D eigenvalue weighted by Crippen LogP contribution is -2.31. The highest BCUT2D eigenvalue weighted by atomic mass is 16.5. The van der Waals surface area contributed by atoms with Gasteiger partial charge in [0.05, 0.1) is 0 Å². The van der Waals surface area contributed by atoms with Gasteiger partial charge >= 0.3 is 0 Å². The Morgan fingerprint density at radius 2 is 2.22 bits per heavy atom. The summed E-state index contributed by atoms with van der Waals surface area (Å²) in [5.41, 5.74) is -1.56. The summed E-state index contributed by atoms with van der Waals surface area (Å²) < 4.78 is 10.8. The van der Waals surface area contributed by atoms with Gasteiger partial charge in [-0.15, -0.1) is 0 Å². The van der Waals surface area contributed by atoms with Crippen molar-refractivity contribution in [3.8, 4) is 0 Å². The van der Waals surface area contributed by atoms with Crippen LogP contribution >= 0.6 is 0 Å². The van der Waals surface area contributed by atoms with Crippen molar-refractivity contribution in [3.63, 3.8) is 0 Å². The minimum Gasteiger partial charge on any atom is -0.379 e. The van der Waals surface area contributed by atoms with Crippen LogP contribution < -0.4 is 5.32 Å². The SMILES string of the molecule is CCC(CC)(OC)c1noc(C2(O)CCNC2)n1. The second-order valence-electron chi connectivity index (χ2n) is 4.79. The molecule has 6 nitrogen and oxygen atoms in total. The third kappa shape index (κ3) is 2.04. The van der Waals surface area contributed by atoms with Crippen LogP contribution in [0.3, 0.4) is 0 Å². The Bertz CT molecular complexity index is 387. The quantitative estimate of drug-likeness (QED) is 0.814. The first kappa shape index (κ1) is 13.5. The molecule has 18 heavy (non-hydrogen) atoms. The van der Waals surface area contributed by atoms with Gasteiger partial charge in [0.25, 0.3) is 5.89 Å². The molecule has 1 aliphatic heterocycles. The molecule has 1 aromatic heterocycles. The molecular formula is C12H21N3O3. The Morgan fingerprint density at radius 1 is 1.50 bits per heavy atom. The normalized spacial score (nSPS) is 24.7. The summed E-state index contributed by atoms with van der Waals surface area (Å²) in [5, 5.41) is 17.4. The molecule has 1 aromatic rings. The predicted octanol–water partition coefficient (Wildman–Crippen LogP) is 0.912. The van der Waals surface area contributed by atoms with Gasteiger partial charge < -0.3 is 19.7 Å². The molecule has 0 bridgehead atoms. The molecule has 1 fully saturated rings. The summed E-state index contributed by atoms with van der Waals surface area (Å²) in [6, 6.07) is 0. The first-order valence-corrected chi connectivity index (χ1v) is 6.43. The Morgan fingerprint density at radius 3 is 2.72 bits per heavy atom. The molecule has 0 radical (unpaired) electrons. The van der Waals surface area contributed by atoms with Crippen molar-refractivity contribution in [2.45, 2.75) is 44.3 Å². The average Bonchev–Trinajstić information content (AvgIpc) is 3.02. The van der Waals surface area contributed by atoms with E-state index in [9.17, 15) is 5.11 Å². The molecule has 0 saturated carbocycles. The van der Waals surface area contributed by atoms with Crippen LogP contribution in [0.5, 0.6) is 0 Å². The van der Waals surface area contributed by atoms with Crippen LogP contribution in [0.4, 0.5) is 0 Å². The molecule has 0 aromatic carbocycles. The number of ether oxygens (including phenoxy) is 1. The largest absolute Gasteiger partial charge is 0.379 e. The van der Waals surface area contributed by atoms with Crippen molar-refractivity contribution in [1.82, 2.24) is 15.5 Å². The molecule has 0 amide bonds. The Kier molecular flexibility index (Phi) is 3.70. The standard InChI is InChI=1S/C12H21N3O3/c1-4-12(5-2,17-3)9-14-10(18-15-9)11(16)6-7-13-8-11/h13,16H,4-8H2,1-3H3. The molecule has 6 heteroatoms. The third-order valence-corrected chi connectivity index (χ3v) is 3.90. The Labute approximate surface area is 107 Å². The van der Waals surface area contributed by atoms with Crippen molar-refractivity contribution in [3.05, 3.63) is 11.7 Å². The highest BCUT2D eigenvalue weighted by Crippen LogP contribution is 2.33. The topological polar surface area (TPSA) is 80.4 Å². The van der Waals surface area contributed by atoms with E-state index in [-0.39, 0.29) is 5.89 Å². The number of hydrogen-bond donors (Lipinski definition) is 2. The fourth-order valence-corrected chi connectivity index (χ4v) is 2.41. The van der Waals surface area contributed by atoms with Gasteiger partial charge in [-0.2, -0.15) is 4.98 Å². The van der Waals surface area contributed by atoms with Crippen LogP contribution in [0.2, 0.25) is 0 Å². The molecule has 2 rings (SSSR count). The zero-order valence-electron chi connectivity index (χ0n) is 11.2. The maximum atomic E-state index is 10.4. The first-order valence-electron chi connectivity index (χ1n) is 6.43. The summed E-state index contributed by atoms with van der Waals surface area (Å²) in [6.45, 7) is 5.25. The molecule has 2 N–H and O–H groups in total. The summed E-state index contributed by atoms with van der Waals surface area (Å²) >= 11 is 0. The van der Waals surface area contributed by atoms with E-state index in [0.717, 1.165) is 19.4 Å². The highest BCUT2D eigenvalue weighted by molar-refractivity contribution is 5.07. The van der Waals surface area contributed by atoms with E-state index in [2.05, 4.69) is 15.5 Å². The number of aliphatic hydroxyl groups is 1. The van der Waals surface area contributed by atoms with Gasteiger partial charge in [-0.25, -0.2) is 0 Å². The van der Waals surface area contributed by atoms with Gasteiger partial charge in [-0.05, 0) is 25.8 Å². The first-order chi connectivity index (χ1) is 8.60. The fourth-order valence-electron chi connectivity index (χ4n) is 2.41. The minimum atomic E-state index is -1.04. The number of β-amino-alcohol motifs (C(OH)–C–C–N with tert-alkyl or cyclic N) is 1. The Hall–Kier alpha value is -0.980. The predicted molar refractivity (Wildman–Crippen MR) is 65.0 cm³/mol. The number of hydrogen-bond acceptors (Lipinski definition) is 6. The monoisotopic (exact) mass is 255 g/mol. The van der Waals surface area contributed by atoms with E-state index >= 15 is 0 Å². The van der Waals surface area contributed by atoms with Crippen molar-refractivity contribution >= 4 is 0 Å². The lowest BCUT2D eigenvalue weighted by atomic mass is 9.96. The zero-order valence-corrected chi connectivity index (χ0v) is 11.2. The molecule has 1 atom stereocenters. The van der Waals surface area contributed by atoms with Crippen LogP contribution in [0.25, 0.3) is 0 Å². The summed E-state index contributed by atoms with van der Waals surface area (Å²) in [6.07, 6.45) is 2.11. The van der Waals surface area contributed by atoms with E-state index < -0.39 is 11.2 Å². The summed E-state index contributed by atoms with van der Waals surface area (Å²) in [4.78, 5) is 4.36. The summed E-state index contributed by atoms with van der Waals surface area (Å²) in [5.74, 6) is 0.802. The van der Waals surface area contributed by atoms with E-state index in [4.69, 9.17) is 9.26 Å². The van der Waals surface area contributed by atoms with E-state index in [1.165, 1.54) is 0 Å². The fraction of sp³-hybridized carbons (Fsp3) is 0.833. The molecule has 1 unspecified atom stereocenters. The van der Waals surface area contributed by atoms with E-state index in [0.29, 0.717) is 18.8 Å². The minimum absolute atomic E-state index is 0.283. The van der Waals surface area contributed by atoms with Crippen molar-refractivity contribution in [2.75, 3.05) is 20.2 Å². The second kappa shape index (κ2) is 4.95. The van der Waals surface area contributed by atoms with E-state index in [1.54, 1.807) is 7.11 Å². The lowest BCUT2D eigenvalue weighted by Gasteiger charge is -2.26. The number of aromatic nitrogens is 2. The van der Waals surface area contributed by atoms with Crippen molar-refractivity contribution in [2.24, 2.45) is 0 Å². The Balaban J connectivity index is 2.29. The average molecular weight is 255 g/mol. The van der Waals surface area contributed by atoms with Gasteiger partial charge in [0.1, 0.15) is 5.60 Å². The van der Waals surface area contributed by atoms with Crippen LogP contribution in [0, 0.1) is 0 Å². The third-order valence-electron chi connectivity index (χ3n) is 3.90. The molecule has 102 valence electrons. The molecule has 2 heterocycles. The maximum absolute atomic E-state index is 10.4. The van der Waals surface area contributed by atoms with Crippen LogP contribution in [-0.4, -0.2) is 35.4 Å². The van der Waals surface area contributed by atoms with Crippen molar-refractivity contribution in [1.29, 1.82) is 0 Å². The molecule has 0 aliphatic carbocycles. The number of rotatable bonds is 5. The molecule has 1 aliphatic rings. The molecular weight excluding hydrogens is 234 g/mol. The van der Waals surface area contributed by atoms with Gasteiger partial charge in [0.2, 0.25) is 5.82 Å². The van der Waals surface area contributed by atoms with Crippen LogP contribution in [0.15, 0.2) is 4.52 Å². The van der Waals surface area contributed by atoms with Gasteiger partial charge in [-0.3, -0.25) is 0 Å². The van der Waals surface area contributed by atoms with Crippen LogP contribution in [0.1, 0.15) is 44.8 Å². The van der Waals surface area contributed by atoms with Gasteiger partial charge in [0, 0.05) is 13.7 Å². The van der Waals surface area contributed by atoms with Crippen molar-refractivity contribution < 1.29 is 14.4 Å². The molecule has 1 saturated heterocycles. The molecule has 0 spiro atoms. The highest BCUT2D eigenvalue weighted by Gasteiger charge is 2.41. The zero-order chi connectivity index (χ0) is 13.2. The number of nitrogens with one attached hydrogen (secondary N) is 1. The lowest BCUT2D eigenvalue weighted by molar-refractivity contribution is -0.0306. The van der Waals surface area contributed by atoms with Crippen LogP contribution in [-0.2, 0) is 15.9 Å². The second-order valence-corrected chi connectivity index (χ2v) is 4.79. The van der Waals surface area contributed by atoms with Gasteiger partial charge in [0.15, 0.2) is 5.60 Å². The number of methoxy groups -OCH3 is 1. The summed E-state index contributed by atoms with van der Waals surface area (Å²) in [7, 11) is 1.65. The smallest absolute Gasteiger partial charge is 0.260 e. The number of nitrogens with zero attached hydrogens (tertiary/aromatic N) is 2. The maximum Gasteiger partial charge on any atom is 0.260 e. The van der Waals surface area contributed by atoms with E-state index in [1.807, 2.05) is 13.8 Å². The van der Waals surface area contributed by atoms with Gasteiger partial charge in [-0.1, -0.05) is 19.0 Å².